The fourth-order valence-corrected chi connectivity index (χ4v) is 4.28. The Bertz CT molecular complexity index is 1010. The number of β-amino-alcohol motifs (C(OH)–C–C–N with tert-alkyl or cyclic N) is 1. The van der Waals surface area contributed by atoms with Crippen LogP contribution in [0.1, 0.15) is 22.6 Å². The molecule has 3 aromatic rings. The molecule has 1 aliphatic rings. The lowest BCUT2D eigenvalue weighted by molar-refractivity contribution is -0.125. The Morgan fingerprint density at radius 2 is 1.93 bits per heavy atom. The summed E-state index contributed by atoms with van der Waals surface area (Å²) in [4.78, 5) is 14.8. The largest absolute Gasteiger partial charge is 0.390 e. The molecule has 1 aromatic heterocycles. The van der Waals surface area contributed by atoms with Crippen molar-refractivity contribution >= 4 is 12.0 Å². The molecule has 6 nitrogen and oxygen atoms in total. The number of hydrogen-bond acceptors (Lipinski definition) is 6. The van der Waals surface area contributed by atoms with Gasteiger partial charge in [-0.1, -0.05) is 41.6 Å². The first kappa shape index (κ1) is 19.4. The number of carbonyl (C=O) groups excluding carboxylic acids is 1. The third-order valence-electron chi connectivity index (χ3n) is 5.77. The van der Waals surface area contributed by atoms with Gasteiger partial charge in [0.15, 0.2) is 0 Å². The van der Waals surface area contributed by atoms with Crippen LogP contribution in [0.4, 0.5) is 5.69 Å². The molecule has 1 saturated heterocycles. The molecule has 2 heterocycles. The molecule has 1 aliphatic heterocycles. The van der Waals surface area contributed by atoms with E-state index in [0.29, 0.717) is 13.1 Å². The summed E-state index contributed by atoms with van der Waals surface area (Å²) in [5, 5.41) is 17.3. The molecule has 4 rings (SSSR count). The minimum atomic E-state index is -1.01. The molecule has 6 heteroatoms. The smallest absolute Gasteiger partial charge is 0.149 e. The van der Waals surface area contributed by atoms with Gasteiger partial charge in [-0.3, -0.25) is 4.90 Å². The zero-order valence-corrected chi connectivity index (χ0v) is 16.8. The Morgan fingerprint density at radius 1 is 1.21 bits per heavy atom. The van der Waals surface area contributed by atoms with E-state index in [1.54, 1.807) is 0 Å². The summed E-state index contributed by atoms with van der Waals surface area (Å²) in [5.74, 6) is 0.737. The number of aryl methyl sites for hydroxylation is 2. The number of carbonyl (C=O) groups is 1. The van der Waals surface area contributed by atoms with E-state index in [1.165, 1.54) is 0 Å². The van der Waals surface area contributed by atoms with Crippen molar-refractivity contribution < 1.29 is 14.4 Å². The molecular formula is C23H25N3O3. The quantitative estimate of drug-likeness (QED) is 0.629. The predicted molar refractivity (Wildman–Crippen MR) is 112 cm³/mol. The van der Waals surface area contributed by atoms with E-state index in [9.17, 15) is 9.90 Å². The normalized spacial score (nSPS) is 16.8. The van der Waals surface area contributed by atoms with Crippen LogP contribution in [0, 0.1) is 13.8 Å². The summed E-state index contributed by atoms with van der Waals surface area (Å²) in [5.41, 5.74) is 4.25. The van der Waals surface area contributed by atoms with Crippen LogP contribution in [-0.2, 0) is 10.3 Å². The molecule has 0 aliphatic carbocycles. The van der Waals surface area contributed by atoms with E-state index < -0.39 is 11.6 Å². The van der Waals surface area contributed by atoms with Crippen LogP contribution in [0.3, 0.4) is 0 Å². The third-order valence-corrected chi connectivity index (χ3v) is 5.77. The van der Waals surface area contributed by atoms with Gasteiger partial charge in [-0.25, -0.2) is 0 Å². The summed E-state index contributed by atoms with van der Waals surface area (Å²) in [6, 6.07) is 15.7. The number of aliphatic hydroxyl groups is 1. The van der Waals surface area contributed by atoms with Crippen molar-refractivity contribution in [3.63, 3.8) is 0 Å². The Kier molecular flexibility index (Phi) is 4.98. The van der Waals surface area contributed by atoms with Gasteiger partial charge in [-0.05, 0) is 37.1 Å². The minimum Gasteiger partial charge on any atom is -0.390 e. The zero-order valence-electron chi connectivity index (χ0n) is 16.8. The Labute approximate surface area is 170 Å². The second-order valence-electron chi connectivity index (χ2n) is 7.52. The molecule has 0 saturated carbocycles. The van der Waals surface area contributed by atoms with E-state index in [0.717, 1.165) is 45.7 Å². The summed E-state index contributed by atoms with van der Waals surface area (Å²) >= 11 is 0. The standard InChI is InChI=1S/C23H25N3O3/c1-15-22(16(2)29-25-15)17-9-10-21(24-3)20(11-17)23(14-27,26-12-19(28)13-26)18-7-5-4-6-8-18/h4-11,14,19,24,28H,12-13H2,1-3H3. The summed E-state index contributed by atoms with van der Waals surface area (Å²) in [7, 11) is 1.85. The highest BCUT2D eigenvalue weighted by molar-refractivity contribution is 5.82. The van der Waals surface area contributed by atoms with Crippen molar-refractivity contribution in [3.8, 4) is 11.1 Å². The highest BCUT2D eigenvalue weighted by Crippen LogP contribution is 2.43. The topological polar surface area (TPSA) is 78.6 Å². The van der Waals surface area contributed by atoms with Gasteiger partial charge < -0.3 is 19.7 Å². The molecule has 0 radical (unpaired) electrons. The molecule has 1 unspecified atom stereocenters. The van der Waals surface area contributed by atoms with Gasteiger partial charge in [-0.15, -0.1) is 0 Å². The van der Waals surface area contributed by atoms with Gasteiger partial charge >= 0.3 is 0 Å². The summed E-state index contributed by atoms with van der Waals surface area (Å²) in [6.07, 6.45) is 0.559. The lowest BCUT2D eigenvalue weighted by Crippen LogP contribution is -2.62. The lowest BCUT2D eigenvalue weighted by Gasteiger charge is -2.49. The van der Waals surface area contributed by atoms with Gasteiger partial charge in [0.25, 0.3) is 0 Å². The van der Waals surface area contributed by atoms with Crippen LogP contribution in [-0.4, -0.2) is 47.7 Å². The van der Waals surface area contributed by atoms with Crippen LogP contribution in [0.25, 0.3) is 11.1 Å². The first-order valence-electron chi connectivity index (χ1n) is 9.71. The monoisotopic (exact) mass is 391 g/mol. The molecule has 0 amide bonds. The summed E-state index contributed by atoms with van der Waals surface area (Å²) in [6.45, 7) is 4.67. The molecule has 29 heavy (non-hydrogen) atoms. The number of hydrogen-bond donors (Lipinski definition) is 2. The maximum Gasteiger partial charge on any atom is 0.149 e. The number of nitrogens with zero attached hydrogens (tertiary/aromatic N) is 2. The van der Waals surface area contributed by atoms with Crippen molar-refractivity contribution in [2.24, 2.45) is 0 Å². The zero-order chi connectivity index (χ0) is 20.6. The van der Waals surface area contributed by atoms with Gasteiger partial charge in [0.1, 0.15) is 17.6 Å². The van der Waals surface area contributed by atoms with E-state index in [4.69, 9.17) is 4.52 Å². The molecule has 150 valence electrons. The van der Waals surface area contributed by atoms with Crippen LogP contribution in [0.2, 0.25) is 0 Å². The van der Waals surface area contributed by atoms with Crippen molar-refractivity contribution in [1.82, 2.24) is 10.1 Å². The Hall–Kier alpha value is -2.96. The van der Waals surface area contributed by atoms with Crippen LogP contribution < -0.4 is 5.32 Å². The highest BCUT2D eigenvalue weighted by atomic mass is 16.5. The number of benzene rings is 2. The van der Waals surface area contributed by atoms with E-state index in [2.05, 4.69) is 10.5 Å². The molecule has 0 bridgehead atoms. The lowest BCUT2D eigenvalue weighted by atomic mass is 9.78. The number of aromatic nitrogens is 1. The van der Waals surface area contributed by atoms with Crippen molar-refractivity contribution in [2.75, 3.05) is 25.5 Å². The number of rotatable bonds is 6. The first-order valence-corrected chi connectivity index (χ1v) is 9.71. The molecule has 2 aromatic carbocycles. The van der Waals surface area contributed by atoms with Crippen LogP contribution in [0.5, 0.6) is 0 Å². The maximum absolute atomic E-state index is 12.8. The van der Waals surface area contributed by atoms with E-state index in [1.807, 2.05) is 74.3 Å². The fraction of sp³-hybridized carbons (Fsp3) is 0.304. The fourth-order valence-electron chi connectivity index (χ4n) is 4.28. The highest BCUT2D eigenvalue weighted by Gasteiger charge is 2.47. The minimum absolute atomic E-state index is 0.429. The van der Waals surface area contributed by atoms with Crippen LogP contribution in [0.15, 0.2) is 53.1 Å². The Balaban J connectivity index is 1.97. The van der Waals surface area contributed by atoms with Gasteiger partial charge in [0, 0.05) is 37.0 Å². The van der Waals surface area contributed by atoms with Crippen molar-refractivity contribution in [1.29, 1.82) is 0 Å². The van der Waals surface area contributed by atoms with Crippen molar-refractivity contribution in [3.05, 3.63) is 71.1 Å². The van der Waals surface area contributed by atoms with Crippen LogP contribution >= 0.6 is 0 Å². The second kappa shape index (κ2) is 7.46. The van der Waals surface area contributed by atoms with Gasteiger partial charge in [0.05, 0.1) is 11.8 Å². The molecule has 2 N–H and O–H groups in total. The third kappa shape index (κ3) is 3.05. The number of aldehydes is 1. The number of aliphatic hydroxyl groups excluding tert-OH is 1. The van der Waals surface area contributed by atoms with E-state index >= 15 is 0 Å². The molecule has 1 atom stereocenters. The molecule has 1 fully saturated rings. The molecule has 0 spiro atoms. The number of anilines is 1. The van der Waals surface area contributed by atoms with E-state index in [-0.39, 0.29) is 0 Å². The summed E-state index contributed by atoms with van der Waals surface area (Å²) < 4.78 is 5.36. The Morgan fingerprint density at radius 3 is 2.48 bits per heavy atom. The number of nitrogens with one attached hydrogen (secondary N) is 1. The maximum atomic E-state index is 12.8. The number of likely N-dealkylation sites (tertiary alicyclic amines) is 1. The first-order chi connectivity index (χ1) is 14.0. The van der Waals surface area contributed by atoms with Gasteiger partial charge in [0.2, 0.25) is 0 Å². The van der Waals surface area contributed by atoms with Gasteiger partial charge in [-0.2, -0.15) is 0 Å². The molecular weight excluding hydrogens is 366 g/mol. The van der Waals surface area contributed by atoms with Crippen molar-refractivity contribution in [2.45, 2.75) is 25.5 Å². The SMILES string of the molecule is CNc1ccc(-c2c(C)noc2C)cc1C(C=O)(c1ccccc1)N1CC(O)C1. The predicted octanol–water partition coefficient (Wildman–Crippen LogP) is 3.12. The second-order valence-corrected chi connectivity index (χ2v) is 7.52. The average Bonchev–Trinajstić information content (AvgIpc) is 3.06. The average molecular weight is 391 g/mol.